The number of nitrogens with one attached hydrogen (secondary N) is 7. The molecular weight excluding hydrogens is 1190 g/mol. The van der Waals surface area contributed by atoms with Gasteiger partial charge in [0.2, 0.25) is 0 Å². The molecule has 0 amide bonds. The summed E-state index contributed by atoms with van der Waals surface area (Å²) in [6.07, 6.45) is 10.6. The zero-order valence-electron chi connectivity index (χ0n) is 56.6. The second-order valence-electron chi connectivity index (χ2n) is 24.3. The highest BCUT2D eigenvalue weighted by Gasteiger charge is 2.20. The summed E-state index contributed by atoms with van der Waals surface area (Å²) in [6, 6.07) is 22.9. The van der Waals surface area contributed by atoms with Crippen molar-refractivity contribution < 1.29 is 38.3 Å². The molecule has 5 aromatic carbocycles. The van der Waals surface area contributed by atoms with Gasteiger partial charge >= 0.3 is 5.97 Å². The van der Waals surface area contributed by atoms with Crippen molar-refractivity contribution in [2.75, 3.05) is 148 Å². The van der Waals surface area contributed by atoms with Crippen LogP contribution in [0.5, 0.6) is 23.0 Å². The van der Waals surface area contributed by atoms with E-state index in [1.165, 1.54) is 69.4 Å². The summed E-state index contributed by atoms with van der Waals surface area (Å²) in [5.41, 5.74) is 44.9. The Morgan fingerprint density at radius 3 is 1.27 bits per heavy atom. The van der Waals surface area contributed by atoms with Crippen molar-refractivity contribution in [2.24, 2.45) is 0 Å². The van der Waals surface area contributed by atoms with Gasteiger partial charge in [-0.15, -0.1) is 0 Å². The van der Waals surface area contributed by atoms with Crippen LogP contribution in [0.2, 0.25) is 0 Å². The maximum absolute atomic E-state index is 11.1. The summed E-state index contributed by atoms with van der Waals surface area (Å²) >= 11 is 0. The Hall–Kier alpha value is -8.77. The van der Waals surface area contributed by atoms with Gasteiger partial charge in [0.05, 0.1) is 40.8 Å². The molecule has 2 aliphatic rings. The van der Waals surface area contributed by atoms with Crippen LogP contribution >= 0.6 is 0 Å². The van der Waals surface area contributed by atoms with E-state index in [4.69, 9.17) is 62.2 Å². The molecule has 0 saturated carbocycles. The molecule has 18 N–H and O–H groups in total. The molecule has 12 rings (SSSR count). The molecular formula is C72H102N14O8. The van der Waals surface area contributed by atoms with Crippen molar-refractivity contribution in [1.82, 2.24) is 45.4 Å². The number of H-pyrrole nitrogens is 5. The van der Waals surface area contributed by atoms with Crippen molar-refractivity contribution in [1.29, 1.82) is 0 Å². The molecule has 7 heterocycles. The number of carbonyl (C=O) groups is 1. The molecule has 22 nitrogen and oxygen atoms in total. The van der Waals surface area contributed by atoms with Crippen LogP contribution in [0.1, 0.15) is 96.0 Å². The minimum atomic E-state index is -0.951. The minimum absolute atomic E-state index is 0.222. The lowest BCUT2D eigenvalue weighted by Gasteiger charge is -2.26. The number of carboxylic acids is 1. The van der Waals surface area contributed by atoms with Gasteiger partial charge in [0.15, 0.2) is 0 Å². The maximum Gasteiger partial charge on any atom is 0.352 e. The molecule has 10 aromatic rings. The highest BCUT2D eigenvalue weighted by atomic mass is 16.5. The van der Waals surface area contributed by atoms with Crippen LogP contribution in [0.15, 0.2) is 85.2 Å². The number of benzene rings is 5. The normalized spacial score (nSPS) is 13.3. The van der Waals surface area contributed by atoms with Crippen LogP contribution in [-0.2, 0) is 9.47 Å². The fourth-order valence-corrected chi connectivity index (χ4v) is 12.0. The highest BCUT2D eigenvalue weighted by molar-refractivity contribution is 6.04. The van der Waals surface area contributed by atoms with E-state index in [1.807, 2.05) is 92.1 Å². The molecule has 2 aliphatic heterocycles. The summed E-state index contributed by atoms with van der Waals surface area (Å²) in [4.78, 5) is 32.2. The number of methoxy groups -OCH3 is 2. The molecule has 0 unspecified atom stereocenters. The molecule has 0 atom stereocenters. The molecule has 0 radical (unpaired) electrons. The fraction of sp³-hybridized carbons (Fsp3) is 0.431. The standard InChI is InChI=1S/C18H28N4O.C17H26N4O.C13H18N2O2.C13H16N2O2.C11H14N2O2/c1-13-14(2)21-18-16(6-5-15(19)17(13)18)23-12-8-20-7-11-22-9-3-4-10-22;18-15-4-5-16(17-14(15)6-7-20-17)22-13-9-19-8-12-21-10-2-1-3-11-21;1-8-9(2)15-13-11(17-7-6-16-3)5-4-10(14)12(8)13;1-6(2)8-4-5-9(14)10-7(3)11(13(16)17)15-12(8)10;1-14-6-7-15-10-3-2-9(12)8-4-5-13-11(8)10/h5-6,20-21H,3-4,7-12,19H2,1-2H3;4-7,19-20H,1-3,8-13,18H2;4-5,15H,6-7,14H2,1-3H3;4-6,15H,14H2,1-3H3,(H,16,17);2-5,13H,6-7,12H2,1H3. The lowest BCUT2D eigenvalue weighted by molar-refractivity contribution is 0.0690. The Bertz CT molecular complexity index is 4020. The quantitative estimate of drug-likeness (QED) is 0.0197. The first kappa shape index (κ1) is 71.1. The number of nitrogens with two attached hydrogens (primary N) is 5. The van der Waals surface area contributed by atoms with Crippen LogP contribution in [0.3, 0.4) is 0 Å². The Kier molecular flexibility index (Phi) is 26.4. The van der Waals surface area contributed by atoms with Gasteiger partial charge in [-0.3, -0.25) is 0 Å². The summed E-state index contributed by atoms with van der Waals surface area (Å²) < 4.78 is 32.9. The molecule has 0 spiro atoms. The number of aromatic nitrogens is 5. The third kappa shape index (κ3) is 18.3. The summed E-state index contributed by atoms with van der Waals surface area (Å²) in [6.45, 7) is 28.8. The van der Waals surface area contributed by atoms with Gasteiger partial charge in [-0.1, -0.05) is 26.3 Å². The number of nitrogen functional groups attached to an aromatic ring is 5. The smallest absolute Gasteiger partial charge is 0.352 e. The minimum Gasteiger partial charge on any atom is -0.490 e. The van der Waals surface area contributed by atoms with Gasteiger partial charge in [-0.25, -0.2) is 4.79 Å². The second kappa shape index (κ2) is 34.9. The van der Waals surface area contributed by atoms with Gasteiger partial charge in [0, 0.05) is 133 Å². The molecule has 0 bridgehead atoms. The number of aromatic carboxylic acids is 1. The predicted octanol–water partition coefficient (Wildman–Crippen LogP) is 11.7. The number of rotatable bonds is 24. The number of nitrogens with zero attached hydrogens (tertiary/aromatic N) is 2. The molecule has 2 saturated heterocycles. The Morgan fingerprint density at radius 2 is 0.851 bits per heavy atom. The van der Waals surface area contributed by atoms with E-state index >= 15 is 0 Å². The molecule has 94 heavy (non-hydrogen) atoms. The van der Waals surface area contributed by atoms with E-state index in [0.29, 0.717) is 56.8 Å². The number of ether oxygens (including phenoxy) is 6. The number of likely N-dealkylation sites (tertiary alicyclic amines) is 2. The van der Waals surface area contributed by atoms with E-state index in [0.717, 1.165) is 156 Å². The van der Waals surface area contributed by atoms with E-state index in [-0.39, 0.29) is 5.69 Å². The number of anilines is 5. The lowest BCUT2D eigenvalue weighted by atomic mass is 9.98. The van der Waals surface area contributed by atoms with Crippen LogP contribution in [0, 0.1) is 34.6 Å². The summed E-state index contributed by atoms with van der Waals surface area (Å²) in [5, 5.41) is 21.0. The Labute approximate surface area is 552 Å². The number of hydrogen-bond donors (Lipinski definition) is 13. The molecule has 22 heteroatoms. The average Bonchev–Trinajstić information content (AvgIpc) is 1.63. The van der Waals surface area contributed by atoms with E-state index in [1.54, 1.807) is 21.1 Å². The Balaban J connectivity index is 0.000000152. The van der Waals surface area contributed by atoms with Crippen molar-refractivity contribution in [3.05, 3.63) is 125 Å². The fourth-order valence-electron chi connectivity index (χ4n) is 12.0. The van der Waals surface area contributed by atoms with Crippen LogP contribution in [0.4, 0.5) is 28.4 Å². The topological polar surface area (TPSA) is 332 Å². The van der Waals surface area contributed by atoms with E-state index < -0.39 is 5.97 Å². The van der Waals surface area contributed by atoms with Gasteiger partial charge in [0.25, 0.3) is 0 Å². The van der Waals surface area contributed by atoms with Crippen molar-refractivity contribution >= 4 is 88.9 Å². The third-order valence-corrected chi connectivity index (χ3v) is 17.5. The summed E-state index contributed by atoms with van der Waals surface area (Å²) in [7, 11) is 3.31. The zero-order chi connectivity index (χ0) is 67.3. The molecule has 5 aromatic heterocycles. The van der Waals surface area contributed by atoms with Gasteiger partial charge in [-0.2, -0.15) is 0 Å². The number of fused-ring (bicyclic) bond motifs is 5. The van der Waals surface area contributed by atoms with Gasteiger partial charge < -0.3 is 108 Å². The van der Waals surface area contributed by atoms with Crippen molar-refractivity contribution in [3.8, 4) is 23.0 Å². The van der Waals surface area contributed by atoms with Gasteiger partial charge in [-0.05, 0) is 181 Å². The number of piperidine rings is 1. The average molecular weight is 1290 g/mol. The Morgan fingerprint density at radius 1 is 0.468 bits per heavy atom. The van der Waals surface area contributed by atoms with Gasteiger partial charge in [0.1, 0.15) is 55.1 Å². The number of carboxylic acid groups (broad SMARTS) is 1. The first-order chi connectivity index (χ1) is 45.4. The van der Waals surface area contributed by atoms with Crippen LogP contribution in [-0.4, -0.2) is 165 Å². The lowest BCUT2D eigenvalue weighted by Crippen LogP contribution is -2.36. The number of aromatic amines is 5. The largest absolute Gasteiger partial charge is 0.490 e. The van der Waals surface area contributed by atoms with Crippen molar-refractivity contribution in [2.45, 2.75) is 86.5 Å². The first-order valence-corrected chi connectivity index (χ1v) is 32.9. The van der Waals surface area contributed by atoms with Crippen molar-refractivity contribution in [3.63, 3.8) is 0 Å². The van der Waals surface area contributed by atoms with E-state index in [2.05, 4.69) is 80.0 Å². The number of aryl methyl sites for hydroxylation is 5. The molecule has 508 valence electrons. The number of hydrogen-bond acceptors (Lipinski definition) is 16. The maximum atomic E-state index is 11.1. The second-order valence-corrected chi connectivity index (χ2v) is 24.3. The first-order valence-electron chi connectivity index (χ1n) is 32.9. The monoisotopic (exact) mass is 1290 g/mol. The zero-order valence-corrected chi connectivity index (χ0v) is 56.6. The highest BCUT2D eigenvalue weighted by Crippen LogP contribution is 2.37. The SMILES string of the molecule is COCCOc1ccc(N)c2c(C)c(C)[nH]c12.COCCOc1ccc(N)c2cc[nH]c12.Cc1[nH]c2c(OCCNCCN3CCCC3)ccc(N)c2c1C.Cc1c(C(=O)O)[nH]c2c(C(C)C)ccc(N)c12.Nc1ccc(OCCNCCN2CCCCC2)c2[nH]ccc12. The van der Waals surface area contributed by atoms with Crippen LogP contribution in [0.25, 0.3) is 54.5 Å². The summed E-state index contributed by atoms with van der Waals surface area (Å²) in [5.74, 6) is 2.74. The third-order valence-electron chi connectivity index (χ3n) is 17.5. The molecule has 2 fully saturated rings. The predicted molar refractivity (Wildman–Crippen MR) is 386 cm³/mol. The van der Waals surface area contributed by atoms with E-state index in [9.17, 15) is 4.79 Å². The molecule has 0 aliphatic carbocycles. The van der Waals surface area contributed by atoms with Crippen LogP contribution < -0.4 is 58.2 Å².